The van der Waals surface area contributed by atoms with Crippen molar-refractivity contribution in [2.45, 2.75) is 16.7 Å². The second-order valence-corrected chi connectivity index (χ2v) is 9.19. The summed E-state index contributed by atoms with van der Waals surface area (Å²) in [5, 5.41) is 0. The van der Waals surface area contributed by atoms with Gasteiger partial charge in [0, 0.05) is 6.04 Å². The number of hydrogen-bond donors (Lipinski definition) is 1. The maximum atomic E-state index is 12.2. The van der Waals surface area contributed by atoms with Gasteiger partial charge in [-0.2, -0.15) is 0 Å². The molecule has 1 aliphatic heterocycles. The molecule has 1 saturated heterocycles. The van der Waals surface area contributed by atoms with Crippen LogP contribution in [0.2, 0.25) is 0 Å². The number of esters is 1. The maximum absolute atomic E-state index is 12.2. The molecule has 0 saturated carbocycles. The van der Waals surface area contributed by atoms with E-state index in [1.54, 1.807) is 0 Å². The van der Waals surface area contributed by atoms with Crippen molar-refractivity contribution in [1.29, 1.82) is 0 Å². The highest BCUT2D eigenvalue weighted by Crippen LogP contribution is 2.22. The lowest BCUT2D eigenvalue weighted by atomic mass is 10.3. The Hall–Kier alpha value is -1.04. The van der Waals surface area contributed by atoms with Crippen molar-refractivity contribution >= 4 is 37.2 Å². The lowest BCUT2D eigenvalue weighted by molar-refractivity contribution is 0.0590. The molecule has 1 aromatic heterocycles. The molecule has 11 heteroatoms. The SMILES string of the molecule is COC(=O)c1ncsc1S(=O)(=O)NC1CCS(=O)(=O)C1. The van der Waals surface area contributed by atoms with E-state index in [-0.39, 0.29) is 27.8 Å². The molecule has 0 aromatic carbocycles. The fourth-order valence-electron chi connectivity index (χ4n) is 1.82. The molecular weight excluding hydrogens is 328 g/mol. The molecule has 0 spiro atoms. The minimum atomic E-state index is -4.00. The topological polar surface area (TPSA) is 120 Å². The number of aromatic nitrogens is 1. The molecule has 1 aliphatic rings. The summed E-state index contributed by atoms with van der Waals surface area (Å²) < 4.78 is 53.4. The molecule has 0 bridgehead atoms. The molecule has 2 heterocycles. The zero-order valence-electron chi connectivity index (χ0n) is 10.4. The number of carbonyl (C=O) groups is 1. The van der Waals surface area contributed by atoms with E-state index in [4.69, 9.17) is 0 Å². The van der Waals surface area contributed by atoms with Crippen LogP contribution in [0.1, 0.15) is 16.9 Å². The predicted molar refractivity (Wildman–Crippen MR) is 70.8 cm³/mol. The van der Waals surface area contributed by atoms with Crippen molar-refractivity contribution in [2.75, 3.05) is 18.6 Å². The zero-order chi connectivity index (χ0) is 15.0. The van der Waals surface area contributed by atoms with Crippen LogP contribution < -0.4 is 4.72 Å². The third-order valence-electron chi connectivity index (χ3n) is 2.71. The Labute approximate surface area is 120 Å². The molecule has 0 amide bonds. The van der Waals surface area contributed by atoms with Crippen molar-refractivity contribution in [3.05, 3.63) is 11.2 Å². The van der Waals surface area contributed by atoms with Gasteiger partial charge in [0.05, 0.1) is 24.1 Å². The largest absolute Gasteiger partial charge is 0.464 e. The summed E-state index contributed by atoms with van der Waals surface area (Å²) in [6.07, 6.45) is 0.216. The van der Waals surface area contributed by atoms with Crippen LogP contribution in [0.5, 0.6) is 0 Å². The zero-order valence-corrected chi connectivity index (χ0v) is 12.8. The first-order valence-corrected chi connectivity index (χ1v) is 9.68. The number of hydrogen-bond acceptors (Lipinski definition) is 8. The van der Waals surface area contributed by atoms with Crippen molar-refractivity contribution < 1.29 is 26.4 Å². The second-order valence-electron chi connectivity index (χ2n) is 4.20. The Bertz CT molecular complexity index is 721. The number of methoxy groups -OCH3 is 1. The molecule has 8 nitrogen and oxygen atoms in total. The van der Waals surface area contributed by atoms with Crippen LogP contribution in [0, 0.1) is 0 Å². The van der Waals surface area contributed by atoms with Gasteiger partial charge >= 0.3 is 5.97 Å². The van der Waals surface area contributed by atoms with E-state index in [9.17, 15) is 21.6 Å². The maximum Gasteiger partial charge on any atom is 0.358 e. The Morgan fingerprint density at radius 2 is 2.25 bits per heavy atom. The highest BCUT2D eigenvalue weighted by Gasteiger charge is 2.34. The molecule has 1 unspecified atom stereocenters. The van der Waals surface area contributed by atoms with Crippen molar-refractivity contribution in [1.82, 2.24) is 9.71 Å². The monoisotopic (exact) mass is 340 g/mol. The number of ether oxygens (including phenoxy) is 1. The van der Waals surface area contributed by atoms with Crippen LogP contribution in [0.4, 0.5) is 0 Å². The molecule has 1 N–H and O–H groups in total. The third-order valence-corrected chi connectivity index (χ3v) is 7.37. The first kappa shape index (κ1) is 15.4. The van der Waals surface area contributed by atoms with Crippen LogP contribution in [0.15, 0.2) is 9.72 Å². The molecule has 0 radical (unpaired) electrons. The van der Waals surface area contributed by atoms with Crippen molar-refractivity contribution in [3.63, 3.8) is 0 Å². The van der Waals surface area contributed by atoms with Crippen LogP contribution in [0.3, 0.4) is 0 Å². The van der Waals surface area contributed by atoms with Gasteiger partial charge in [0.2, 0.25) is 0 Å². The normalized spacial score (nSPS) is 21.8. The Morgan fingerprint density at radius 1 is 1.55 bits per heavy atom. The minimum Gasteiger partial charge on any atom is -0.464 e. The van der Waals surface area contributed by atoms with E-state index in [1.165, 1.54) is 5.51 Å². The standard InChI is InChI=1S/C9H12N2O6S3/c1-17-8(12)7-9(18-5-10-7)20(15,16)11-6-2-3-19(13,14)4-6/h5-6,11H,2-4H2,1H3. The molecule has 1 aromatic rings. The number of carbonyl (C=O) groups excluding carboxylic acids is 1. The van der Waals surface area contributed by atoms with E-state index in [0.717, 1.165) is 18.4 Å². The van der Waals surface area contributed by atoms with E-state index >= 15 is 0 Å². The number of thiazole rings is 1. The number of nitrogens with zero attached hydrogens (tertiary/aromatic N) is 1. The lowest BCUT2D eigenvalue weighted by Gasteiger charge is -2.10. The average molecular weight is 340 g/mol. The van der Waals surface area contributed by atoms with Gasteiger partial charge in [-0.25, -0.2) is 31.3 Å². The Kier molecular flexibility index (Phi) is 4.14. The summed E-state index contributed by atoms with van der Waals surface area (Å²) in [5.41, 5.74) is 0.914. The summed E-state index contributed by atoms with van der Waals surface area (Å²) >= 11 is 0.772. The third kappa shape index (κ3) is 3.16. The molecule has 0 aliphatic carbocycles. The fourth-order valence-corrected chi connectivity index (χ4v) is 6.02. The summed E-state index contributed by atoms with van der Waals surface area (Å²) in [5.74, 6) is -1.14. The van der Waals surface area contributed by atoms with Crippen LogP contribution in [-0.4, -0.2) is 52.4 Å². The highest BCUT2D eigenvalue weighted by atomic mass is 32.2. The average Bonchev–Trinajstić information content (AvgIpc) is 2.94. The predicted octanol–water partition coefficient (Wildman–Crippen LogP) is -0.605. The van der Waals surface area contributed by atoms with E-state index in [0.29, 0.717) is 0 Å². The first-order chi connectivity index (χ1) is 9.25. The number of sulfone groups is 1. The fraction of sp³-hybridized carbons (Fsp3) is 0.556. The van der Waals surface area contributed by atoms with Gasteiger partial charge in [0.15, 0.2) is 19.7 Å². The van der Waals surface area contributed by atoms with Crippen LogP contribution in [-0.2, 0) is 24.6 Å². The van der Waals surface area contributed by atoms with Crippen LogP contribution >= 0.6 is 11.3 Å². The van der Waals surface area contributed by atoms with Crippen molar-refractivity contribution in [2.24, 2.45) is 0 Å². The summed E-state index contributed by atoms with van der Waals surface area (Å²) in [7, 11) is -6.07. The van der Waals surface area contributed by atoms with Gasteiger partial charge in [-0.15, -0.1) is 11.3 Å². The number of nitrogens with one attached hydrogen (secondary N) is 1. The lowest BCUT2D eigenvalue weighted by Crippen LogP contribution is -2.35. The van der Waals surface area contributed by atoms with Gasteiger partial charge in [0.25, 0.3) is 10.0 Å². The first-order valence-electron chi connectivity index (χ1n) is 5.50. The van der Waals surface area contributed by atoms with Gasteiger partial charge < -0.3 is 4.74 Å². The molecule has 2 rings (SSSR count). The quantitative estimate of drug-likeness (QED) is 0.726. The van der Waals surface area contributed by atoms with Gasteiger partial charge in [-0.05, 0) is 6.42 Å². The molecular formula is C9H12N2O6S3. The summed E-state index contributed by atoms with van der Waals surface area (Å²) in [6.45, 7) is 0. The minimum absolute atomic E-state index is 0.0489. The smallest absolute Gasteiger partial charge is 0.358 e. The molecule has 20 heavy (non-hydrogen) atoms. The van der Waals surface area contributed by atoms with Crippen molar-refractivity contribution in [3.8, 4) is 0 Å². The Morgan fingerprint density at radius 3 is 2.80 bits per heavy atom. The molecule has 1 fully saturated rings. The second kappa shape index (κ2) is 5.39. The van der Waals surface area contributed by atoms with Gasteiger partial charge in [0.1, 0.15) is 0 Å². The van der Waals surface area contributed by atoms with Gasteiger partial charge in [-0.3, -0.25) is 0 Å². The summed E-state index contributed by atoms with van der Waals surface area (Å²) in [4.78, 5) is 15.1. The van der Waals surface area contributed by atoms with Crippen LogP contribution in [0.25, 0.3) is 0 Å². The van der Waals surface area contributed by atoms with E-state index in [2.05, 4.69) is 14.4 Å². The Balaban J connectivity index is 2.24. The van der Waals surface area contributed by atoms with Gasteiger partial charge in [-0.1, -0.05) is 0 Å². The molecule has 1 atom stereocenters. The van der Waals surface area contributed by atoms with E-state index < -0.39 is 31.9 Å². The number of rotatable bonds is 4. The highest BCUT2D eigenvalue weighted by molar-refractivity contribution is 7.92. The molecule has 112 valence electrons. The summed E-state index contributed by atoms with van der Waals surface area (Å²) in [6, 6.07) is -0.683. The number of sulfonamides is 1. The van der Waals surface area contributed by atoms with E-state index in [1.807, 2.05) is 0 Å².